The van der Waals surface area contributed by atoms with Crippen molar-refractivity contribution in [2.45, 2.75) is 24.8 Å². The molecule has 0 spiro atoms. The van der Waals surface area contributed by atoms with Crippen LogP contribution in [0.15, 0.2) is 12.1 Å². The van der Waals surface area contributed by atoms with Crippen LogP contribution < -0.4 is 5.32 Å². The highest BCUT2D eigenvalue weighted by Gasteiger charge is 2.37. The largest absolute Gasteiger partial charge is 0.465 e. The lowest BCUT2D eigenvalue weighted by molar-refractivity contribution is 0.0594. The van der Waals surface area contributed by atoms with E-state index in [1.807, 2.05) is 0 Å². The zero-order chi connectivity index (χ0) is 14.0. The molecule has 2 N–H and O–H groups in total. The molecule has 0 aromatic heterocycles. The van der Waals surface area contributed by atoms with E-state index in [0.29, 0.717) is 12.8 Å². The van der Waals surface area contributed by atoms with Crippen molar-refractivity contribution in [3.05, 3.63) is 29.3 Å². The highest BCUT2D eigenvalue weighted by Crippen LogP contribution is 2.36. The molecule has 1 fully saturated rings. The summed E-state index contributed by atoms with van der Waals surface area (Å²) in [5.74, 6) is -3.31. The molecule has 0 atom stereocenters. The predicted molar refractivity (Wildman–Crippen MR) is 65.0 cm³/mol. The Morgan fingerprint density at radius 3 is 2.58 bits per heavy atom. The van der Waals surface area contributed by atoms with Gasteiger partial charge in [-0.2, -0.15) is 0 Å². The molecular formula is C13H15F2NO3. The number of aliphatic hydroxyl groups excluding tert-OH is 1. The van der Waals surface area contributed by atoms with Crippen LogP contribution in [0.5, 0.6) is 0 Å². The Balaban J connectivity index is 2.28. The van der Waals surface area contributed by atoms with Gasteiger partial charge in [-0.1, -0.05) is 0 Å². The summed E-state index contributed by atoms with van der Waals surface area (Å²) in [4.78, 5) is 11.2. The second kappa shape index (κ2) is 5.13. The monoisotopic (exact) mass is 271 g/mol. The molecule has 0 heterocycles. The minimum Gasteiger partial charge on any atom is -0.465 e. The Kier molecular flexibility index (Phi) is 3.71. The van der Waals surface area contributed by atoms with Crippen molar-refractivity contribution in [3.8, 4) is 0 Å². The average Bonchev–Trinajstić information content (AvgIpc) is 2.38. The molecule has 0 saturated heterocycles. The first-order valence-corrected chi connectivity index (χ1v) is 5.98. The molecule has 2 rings (SSSR count). The van der Waals surface area contributed by atoms with Crippen LogP contribution in [-0.4, -0.2) is 30.3 Å². The Labute approximate surface area is 109 Å². The summed E-state index contributed by atoms with van der Waals surface area (Å²) in [6.07, 6.45) is 2.32. The first-order valence-electron chi connectivity index (χ1n) is 5.98. The van der Waals surface area contributed by atoms with Crippen molar-refractivity contribution in [3.63, 3.8) is 0 Å². The van der Waals surface area contributed by atoms with Crippen molar-refractivity contribution in [1.82, 2.24) is 0 Å². The maximum absolute atomic E-state index is 13.9. The van der Waals surface area contributed by atoms with Gasteiger partial charge in [0.05, 0.1) is 30.5 Å². The average molecular weight is 271 g/mol. The van der Waals surface area contributed by atoms with Gasteiger partial charge >= 0.3 is 5.97 Å². The molecule has 1 aliphatic carbocycles. The van der Waals surface area contributed by atoms with Crippen LogP contribution in [0.25, 0.3) is 0 Å². The molecule has 0 aliphatic heterocycles. The standard InChI is InChI=1S/C13H15F2NO3/c1-19-12(18)8-3-4-9(11(15)10(8)14)16-13(7-17)5-2-6-13/h3-4,16-17H,2,5-7H2,1H3. The van der Waals surface area contributed by atoms with Gasteiger partial charge in [0.2, 0.25) is 0 Å². The third kappa shape index (κ3) is 2.40. The molecule has 104 valence electrons. The Bertz CT molecular complexity index is 495. The van der Waals surface area contributed by atoms with Gasteiger partial charge in [0.15, 0.2) is 11.6 Å². The lowest BCUT2D eigenvalue weighted by Gasteiger charge is -2.41. The second-order valence-electron chi connectivity index (χ2n) is 4.70. The third-order valence-electron chi connectivity index (χ3n) is 3.50. The minimum atomic E-state index is -1.25. The summed E-state index contributed by atoms with van der Waals surface area (Å²) in [6.45, 7) is -0.146. The molecule has 19 heavy (non-hydrogen) atoms. The van der Waals surface area contributed by atoms with Crippen LogP contribution >= 0.6 is 0 Å². The van der Waals surface area contributed by atoms with Crippen LogP contribution in [0, 0.1) is 11.6 Å². The van der Waals surface area contributed by atoms with Crippen LogP contribution in [0.3, 0.4) is 0 Å². The van der Waals surface area contributed by atoms with E-state index in [4.69, 9.17) is 0 Å². The van der Waals surface area contributed by atoms with Crippen molar-refractivity contribution >= 4 is 11.7 Å². The molecule has 0 radical (unpaired) electrons. The smallest absolute Gasteiger partial charge is 0.340 e. The number of halogens is 2. The highest BCUT2D eigenvalue weighted by molar-refractivity contribution is 5.90. The number of carbonyl (C=O) groups excluding carboxylic acids is 1. The van der Waals surface area contributed by atoms with Gasteiger partial charge in [-0.15, -0.1) is 0 Å². The summed E-state index contributed by atoms with van der Waals surface area (Å²) >= 11 is 0. The summed E-state index contributed by atoms with van der Waals surface area (Å²) in [6, 6.07) is 2.44. The number of anilines is 1. The fraction of sp³-hybridized carbons (Fsp3) is 0.462. The molecule has 1 aliphatic rings. The predicted octanol–water partition coefficient (Wildman–Crippen LogP) is 2.08. The number of aliphatic hydroxyl groups is 1. The van der Waals surface area contributed by atoms with Crippen LogP contribution in [0.2, 0.25) is 0 Å². The van der Waals surface area contributed by atoms with E-state index < -0.39 is 28.7 Å². The number of rotatable bonds is 4. The molecule has 6 heteroatoms. The van der Waals surface area contributed by atoms with E-state index in [1.165, 1.54) is 6.07 Å². The first kappa shape index (κ1) is 13.7. The summed E-state index contributed by atoms with van der Waals surface area (Å²) in [5.41, 5.74) is -1.09. The SMILES string of the molecule is COC(=O)c1ccc(NC2(CO)CCC2)c(F)c1F. The van der Waals surface area contributed by atoms with E-state index in [-0.39, 0.29) is 12.3 Å². The Hall–Kier alpha value is -1.69. The second-order valence-corrected chi connectivity index (χ2v) is 4.70. The Morgan fingerprint density at radius 2 is 2.11 bits per heavy atom. The van der Waals surface area contributed by atoms with Gasteiger partial charge in [-0.3, -0.25) is 0 Å². The van der Waals surface area contributed by atoms with E-state index in [0.717, 1.165) is 19.6 Å². The van der Waals surface area contributed by atoms with E-state index in [1.54, 1.807) is 0 Å². The van der Waals surface area contributed by atoms with Gasteiger partial charge in [-0.25, -0.2) is 13.6 Å². The van der Waals surface area contributed by atoms with Gasteiger partial charge in [0.1, 0.15) is 0 Å². The molecular weight excluding hydrogens is 256 g/mol. The molecule has 0 bridgehead atoms. The summed E-state index contributed by atoms with van der Waals surface area (Å²) in [7, 11) is 1.10. The van der Waals surface area contributed by atoms with Gasteiger partial charge in [0.25, 0.3) is 0 Å². The number of esters is 1. The summed E-state index contributed by atoms with van der Waals surface area (Å²) in [5, 5.41) is 12.1. The molecule has 4 nitrogen and oxygen atoms in total. The maximum atomic E-state index is 13.9. The molecule has 1 aromatic carbocycles. The van der Waals surface area contributed by atoms with Crippen molar-refractivity contribution in [1.29, 1.82) is 0 Å². The number of methoxy groups -OCH3 is 1. The van der Waals surface area contributed by atoms with E-state index in [9.17, 15) is 18.7 Å². The fourth-order valence-electron chi connectivity index (χ4n) is 2.13. The minimum absolute atomic E-state index is 0.0566. The summed E-state index contributed by atoms with van der Waals surface area (Å²) < 4.78 is 31.9. The first-order chi connectivity index (χ1) is 9.03. The number of nitrogens with one attached hydrogen (secondary N) is 1. The molecule has 1 aromatic rings. The Morgan fingerprint density at radius 1 is 1.42 bits per heavy atom. The fourth-order valence-corrected chi connectivity index (χ4v) is 2.13. The number of ether oxygens (including phenoxy) is 1. The number of benzene rings is 1. The van der Waals surface area contributed by atoms with E-state index >= 15 is 0 Å². The number of hydrogen-bond acceptors (Lipinski definition) is 4. The number of hydrogen-bond donors (Lipinski definition) is 2. The number of carbonyl (C=O) groups is 1. The van der Waals surface area contributed by atoms with Gasteiger partial charge < -0.3 is 15.2 Å². The van der Waals surface area contributed by atoms with Crippen molar-refractivity contribution < 1.29 is 23.4 Å². The molecule has 0 unspecified atom stereocenters. The topological polar surface area (TPSA) is 58.6 Å². The van der Waals surface area contributed by atoms with Crippen LogP contribution in [-0.2, 0) is 4.74 Å². The highest BCUT2D eigenvalue weighted by atomic mass is 19.2. The van der Waals surface area contributed by atoms with E-state index in [2.05, 4.69) is 10.1 Å². The molecule has 1 saturated carbocycles. The lowest BCUT2D eigenvalue weighted by Crippen LogP contribution is -2.48. The van der Waals surface area contributed by atoms with Gasteiger partial charge in [-0.05, 0) is 31.4 Å². The normalized spacial score (nSPS) is 16.6. The van der Waals surface area contributed by atoms with Crippen molar-refractivity contribution in [2.24, 2.45) is 0 Å². The lowest BCUT2D eigenvalue weighted by atomic mass is 9.77. The third-order valence-corrected chi connectivity index (χ3v) is 3.50. The van der Waals surface area contributed by atoms with Crippen LogP contribution in [0.1, 0.15) is 29.6 Å². The quantitative estimate of drug-likeness (QED) is 0.823. The van der Waals surface area contributed by atoms with Gasteiger partial charge in [0, 0.05) is 0 Å². The maximum Gasteiger partial charge on any atom is 0.340 e. The zero-order valence-corrected chi connectivity index (χ0v) is 10.5. The zero-order valence-electron chi connectivity index (χ0n) is 10.5. The van der Waals surface area contributed by atoms with Crippen LogP contribution in [0.4, 0.5) is 14.5 Å². The molecule has 0 amide bonds. The van der Waals surface area contributed by atoms with Crippen molar-refractivity contribution in [2.75, 3.05) is 19.0 Å².